The summed E-state index contributed by atoms with van der Waals surface area (Å²) in [6.45, 7) is 9.80. The van der Waals surface area contributed by atoms with Gasteiger partial charge >= 0.3 is 5.97 Å². The molecule has 2 atom stereocenters. The van der Waals surface area contributed by atoms with Crippen LogP contribution in [0.1, 0.15) is 68.2 Å². The van der Waals surface area contributed by atoms with Crippen molar-refractivity contribution >= 4 is 23.0 Å². The molecule has 1 aliphatic rings. The molecule has 0 bridgehead atoms. The van der Waals surface area contributed by atoms with Crippen LogP contribution in [-0.4, -0.2) is 33.2 Å². The highest BCUT2D eigenvalue weighted by Gasteiger charge is 2.49. The fourth-order valence-electron chi connectivity index (χ4n) is 3.64. The first-order valence-corrected chi connectivity index (χ1v) is 8.90. The van der Waals surface area contributed by atoms with Crippen molar-refractivity contribution < 1.29 is 19.2 Å². The second-order valence-corrected chi connectivity index (χ2v) is 8.08. The Labute approximate surface area is 152 Å². The number of aliphatic carboxylic acids is 1. The van der Waals surface area contributed by atoms with E-state index in [0.29, 0.717) is 28.8 Å². The standard InChI is InChI=1S/C19H25N3O4/c1-9(2)13-8-12(16-10(3)22-26-18(16)20-13)17(25)21-14-6-11(7-15(23)24)19(14,4)5/h8-9,11,14H,6-7H2,1-5H3,(H,21,25)(H,23,24). The van der Waals surface area contributed by atoms with Crippen LogP contribution < -0.4 is 5.32 Å². The monoisotopic (exact) mass is 359 g/mol. The number of amides is 1. The van der Waals surface area contributed by atoms with Crippen molar-refractivity contribution in [2.45, 2.75) is 59.4 Å². The summed E-state index contributed by atoms with van der Waals surface area (Å²) in [5.74, 6) is -0.787. The van der Waals surface area contributed by atoms with Crippen LogP contribution in [0.5, 0.6) is 0 Å². The Kier molecular flexibility index (Phi) is 4.50. The van der Waals surface area contributed by atoms with Crippen molar-refractivity contribution in [3.8, 4) is 0 Å². The smallest absolute Gasteiger partial charge is 0.303 e. The quantitative estimate of drug-likeness (QED) is 0.849. The zero-order valence-corrected chi connectivity index (χ0v) is 15.8. The fraction of sp³-hybridized carbons (Fsp3) is 0.579. The number of rotatable bonds is 5. The maximum absolute atomic E-state index is 13.0. The number of hydrogen-bond donors (Lipinski definition) is 2. The van der Waals surface area contributed by atoms with Crippen LogP contribution in [0.3, 0.4) is 0 Å². The molecule has 0 saturated heterocycles. The number of pyridine rings is 1. The molecule has 7 nitrogen and oxygen atoms in total. The lowest BCUT2D eigenvalue weighted by Crippen LogP contribution is -2.58. The van der Waals surface area contributed by atoms with Gasteiger partial charge in [-0.25, -0.2) is 4.98 Å². The maximum atomic E-state index is 13.0. The molecule has 7 heteroatoms. The first kappa shape index (κ1) is 18.4. The fourth-order valence-corrected chi connectivity index (χ4v) is 3.64. The number of nitrogens with one attached hydrogen (secondary N) is 1. The molecule has 1 saturated carbocycles. The topological polar surface area (TPSA) is 105 Å². The number of hydrogen-bond acceptors (Lipinski definition) is 5. The normalized spacial score (nSPS) is 21.6. The van der Waals surface area contributed by atoms with Crippen LogP contribution in [0, 0.1) is 18.3 Å². The van der Waals surface area contributed by atoms with Gasteiger partial charge in [-0.1, -0.05) is 32.9 Å². The van der Waals surface area contributed by atoms with Gasteiger partial charge in [0.15, 0.2) is 0 Å². The van der Waals surface area contributed by atoms with Crippen LogP contribution in [0.4, 0.5) is 0 Å². The highest BCUT2D eigenvalue weighted by atomic mass is 16.5. The van der Waals surface area contributed by atoms with Crippen molar-refractivity contribution in [3.63, 3.8) is 0 Å². The molecular weight excluding hydrogens is 334 g/mol. The first-order valence-electron chi connectivity index (χ1n) is 8.90. The molecule has 1 fully saturated rings. The van der Waals surface area contributed by atoms with E-state index in [0.717, 1.165) is 5.69 Å². The van der Waals surface area contributed by atoms with Crippen molar-refractivity contribution in [3.05, 3.63) is 23.0 Å². The highest BCUT2D eigenvalue weighted by Crippen LogP contribution is 2.48. The Morgan fingerprint density at radius 1 is 1.42 bits per heavy atom. The minimum absolute atomic E-state index is 0.0614. The number of nitrogens with zero attached hydrogens (tertiary/aromatic N) is 2. The second-order valence-electron chi connectivity index (χ2n) is 8.08. The molecule has 26 heavy (non-hydrogen) atoms. The number of carboxylic acids is 1. The van der Waals surface area contributed by atoms with Gasteiger partial charge in [0.2, 0.25) is 0 Å². The highest BCUT2D eigenvalue weighted by molar-refractivity contribution is 6.06. The van der Waals surface area contributed by atoms with Gasteiger partial charge in [-0.15, -0.1) is 0 Å². The van der Waals surface area contributed by atoms with E-state index >= 15 is 0 Å². The molecule has 0 spiro atoms. The molecule has 2 aromatic heterocycles. The average molecular weight is 359 g/mol. The van der Waals surface area contributed by atoms with Crippen molar-refractivity contribution in [2.24, 2.45) is 11.3 Å². The Morgan fingerprint density at radius 2 is 2.12 bits per heavy atom. The van der Waals surface area contributed by atoms with Gasteiger partial charge in [-0.05, 0) is 36.7 Å². The lowest BCUT2D eigenvalue weighted by Gasteiger charge is -2.52. The third kappa shape index (κ3) is 3.06. The van der Waals surface area contributed by atoms with E-state index in [-0.39, 0.29) is 35.6 Å². The molecule has 0 aliphatic heterocycles. The molecule has 0 aromatic carbocycles. The zero-order valence-electron chi connectivity index (χ0n) is 15.8. The molecule has 1 aliphatic carbocycles. The third-order valence-corrected chi connectivity index (χ3v) is 5.67. The van der Waals surface area contributed by atoms with E-state index in [2.05, 4.69) is 15.5 Å². The number of aryl methyl sites for hydroxylation is 1. The molecule has 2 aromatic rings. The van der Waals surface area contributed by atoms with Gasteiger partial charge in [0.1, 0.15) is 0 Å². The Balaban J connectivity index is 1.87. The molecular formula is C19H25N3O4. The van der Waals surface area contributed by atoms with E-state index in [4.69, 9.17) is 9.63 Å². The molecule has 2 N–H and O–H groups in total. The minimum atomic E-state index is -0.801. The second kappa shape index (κ2) is 6.37. The lowest BCUT2D eigenvalue weighted by atomic mass is 9.57. The predicted molar refractivity (Wildman–Crippen MR) is 96.0 cm³/mol. The SMILES string of the molecule is Cc1noc2nc(C(C)C)cc(C(=O)NC3CC(CC(=O)O)C3(C)C)c12. The number of carboxylic acid groups (broad SMARTS) is 1. The zero-order chi connectivity index (χ0) is 19.2. The number of carbonyl (C=O) groups is 2. The average Bonchev–Trinajstić information content (AvgIpc) is 2.93. The largest absolute Gasteiger partial charge is 0.481 e. The summed E-state index contributed by atoms with van der Waals surface area (Å²) >= 11 is 0. The van der Waals surface area contributed by atoms with Gasteiger partial charge in [-0.2, -0.15) is 0 Å². The van der Waals surface area contributed by atoms with Crippen molar-refractivity contribution in [1.82, 2.24) is 15.5 Å². The van der Waals surface area contributed by atoms with E-state index in [1.54, 1.807) is 13.0 Å². The maximum Gasteiger partial charge on any atom is 0.303 e. The van der Waals surface area contributed by atoms with Gasteiger partial charge in [0.25, 0.3) is 11.6 Å². The molecule has 3 rings (SSSR count). The van der Waals surface area contributed by atoms with Crippen molar-refractivity contribution in [1.29, 1.82) is 0 Å². The molecule has 0 radical (unpaired) electrons. The summed E-state index contributed by atoms with van der Waals surface area (Å²) in [5, 5.41) is 16.7. The summed E-state index contributed by atoms with van der Waals surface area (Å²) in [6.07, 6.45) is 0.792. The lowest BCUT2D eigenvalue weighted by molar-refractivity contribution is -0.141. The molecule has 140 valence electrons. The summed E-state index contributed by atoms with van der Waals surface area (Å²) in [5.41, 5.74) is 2.02. The summed E-state index contributed by atoms with van der Waals surface area (Å²) < 4.78 is 5.27. The molecule has 2 unspecified atom stereocenters. The Morgan fingerprint density at radius 3 is 2.69 bits per heavy atom. The summed E-state index contributed by atoms with van der Waals surface area (Å²) in [7, 11) is 0. The van der Waals surface area contributed by atoms with Crippen LogP contribution >= 0.6 is 0 Å². The van der Waals surface area contributed by atoms with Gasteiger partial charge in [-0.3, -0.25) is 9.59 Å². The third-order valence-electron chi connectivity index (χ3n) is 5.67. The van der Waals surface area contributed by atoms with Crippen LogP contribution in [0.15, 0.2) is 10.6 Å². The van der Waals surface area contributed by atoms with Gasteiger partial charge in [0.05, 0.1) is 16.6 Å². The number of carbonyl (C=O) groups excluding carboxylic acids is 1. The predicted octanol–water partition coefficient (Wildman–Crippen LogP) is 3.27. The van der Waals surface area contributed by atoms with Crippen molar-refractivity contribution in [2.75, 3.05) is 0 Å². The van der Waals surface area contributed by atoms with Crippen LogP contribution in [0.25, 0.3) is 11.1 Å². The Bertz CT molecular complexity index is 869. The molecule has 1 amide bonds. The van der Waals surface area contributed by atoms with E-state index < -0.39 is 5.97 Å². The number of aromatic nitrogens is 2. The Hall–Kier alpha value is -2.44. The van der Waals surface area contributed by atoms with Crippen LogP contribution in [-0.2, 0) is 4.79 Å². The van der Waals surface area contributed by atoms with E-state index in [9.17, 15) is 9.59 Å². The summed E-state index contributed by atoms with van der Waals surface area (Å²) in [6, 6.07) is 1.73. The molecule has 2 heterocycles. The van der Waals surface area contributed by atoms with Crippen LogP contribution in [0.2, 0.25) is 0 Å². The van der Waals surface area contributed by atoms with Gasteiger partial charge < -0.3 is 14.9 Å². The first-order chi connectivity index (χ1) is 12.1. The minimum Gasteiger partial charge on any atom is -0.481 e. The van der Waals surface area contributed by atoms with E-state index in [1.165, 1.54) is 0 Å². The van der Waals surface area contributed by atoms with E-state index in [1.807, 2.05) is 27.7 Å². The van der Waals surface area contributed by atoms with Gasteiger partial charge in [0, 0.05) is 18.2 Å². The number of fused-ring (bicyclic) bond motifs is 1. The summed E-state index contributed by atoms with van der Waals surface area (Å²) in [4.78, 5) is 28.4.